The van der Waals surface area contributed by atoms with Crippen molar-refractivity contribution in [1.82, 2.24) is 10.2 Å². The third kappa shape index (κ3) is 3.11. The molecule has 19 heavy (non-hydrogen) atoms. The quantitative estimate of drug-likeness (QED) is 0.768. The minimum atomic E-state index is -0.328. The molecule has 4 nitrogen and oxygen atoms in total. The van der Waals surface area contributed by atoms with Gasteiger partial charge < -0.3 is 15.3 Å². The van der Waals surface area contributed by atoms with Crippen LogP contribution in [0.3, 0.4) is 0 Å². The van der Waals surface area contributed by atoms with Gasteiger partial charge in [0.05, 0.1) is 12.1 Å². The van der Waals surface area contributed by atoms with Gasteiger partial charge >= 0.3 is 6.03 Å². The summed E-state index contributed by atoms with van der Waals surface area (Å²) >= 11 is 0. The van der Waals surface area contributed by atoms with Gasteiger partial charge in [0.1, 0.15) is 0 Å². The van der Waals surface area contributed by atoms with E-state index in [2.05, 4.69) is 11.4 Å². The van der Waals surface area contributed by atoms with Gasteiger partial charge in [0.2, 0.25) is 0 Å². The van der Waals surface area contributed by atoms with Gasteiger partial charge in [-0.15, -0.1) is 0 Å². The van der Waals surface area contributed by atoms with E-state index in [1.807, 2.05) is 11.8 Å². The van der Waals surface area contributed by atoms with Crippen LogP contribution in [0, 0.1) is 0 Å². The molecule has 1 atom stereocenters. The van der Waals surface area contributed by atoms with E-state index in [1.165, 1.54) is 18.4 Å². The molecular formula is C15H26N2O2. The molecule has 4 heteroatoms. The second-order valence-electron chi connectivity index (χ2n) is 5.76. The van der Waals surface area contributed by atoms with Crippen LogP contribution in [0.25, 0.3) is 0 Å². The fraction of sp³-hybridized carbons (Fsp3) is 0.800. The summed E-state index contributed by atoms with van der Waals surface area (Å²) in [5, 5.41) is 12.6. The number of allylic oxidation sites excluding steroid dienone is 1. The van der Waals surface area contributed by atoms with E-state index >= 15 is 0 Å². The number of likely N-dealkylation sites (tertiary alicyclic amines) is 1. The summed E-state index contributed by atoms with van der Waals surface area (Å²) in [5.41, 5.74) is 1.02. The monoisotopic (exact) mass is 266 g/mol. The predicted molar refractivity (Wildman–Crippen MR) is 76.0 cm³/mol. The van der Waals surface area contributed by atoms with Crippen LogP contribution in [0.1, 0.15) is 51.9 Å². The van der Waals surface area contributed by atoms with Crippen molar-refractivity contribution >= 4 is 6.03 Å². The highest BCUT2D eigenvalue weighted by molar-refractivity contribution is 5.75. The topological polar surface area (TPSA) is 52.6 Å². The van der Waals surface area contributed by atoms with Gasteiger partial charge in [-0.1, -0.05) is 18.6 Å². The SMILES string of the molecule is CCC1(CO)CCCN1C(=O)NCC1=CCCCC1. The Kier molecular flexibility index (Phi) is 4.86. The lowest BCUT2D eigenvalue weighted by Crippen LogP contribution is -2.53. The zero-order valence-corrected chi connectivity index (χ0v) is 12.0. The van der Waals surface area contributed by atoms with Crippen molar-refractivity contribution < 1.29 is 9.90 Å². The van der Waals surface area contributed by atoms with Crippen LogP contribution in [0.15, 0.2) is 11.6 Å². The number of aliphatic hydroxyl groups is 1. The third-order valence-corrected chi connectivity index (χ3v) is 4.65. The molecule has 0 aromatic heterocycles. The number of carbonyl (C=O) groups is 1. The Balaban J connectivity index is 1.90. The molecule has 2 N–H and O–H groups in total. The maximum absolute atomic E-state index is 12.3. The van der Waals surface area contributed by atoms with Crippen molar-refractivity contribution in [3.8, 4) is 0 Å². The lowest BCUT2D eigenvalue weighted by Gasteiger charge is -2.36. The van der Waals surface area contributed by atoms with Gasteiger partial charge in [0.25, 0.3) is 0 Å². The van der Waals surface area contributed by atoms with Gasteiger partial charge in [0, 0.05) is 13.1 Å². The zero-order chi connectivity index (χ0) is 13.7. The Labute approximate surface area is 115 Å². The first-order chi connectivity index (χ1) is 9.22. The second-order valence-corrected chi connectivity index (χ2v) is 5.76. The standard InChI is InChI=1S/C15H26N2O2/c1-2-15(12-18)9-6-10-17(15)14(19)16-11-13-7-4-3-5-8-13/h7,18H,2-6,8-12H2,1H3,(H,16,19). The summed E-state index contributed by atoms with van der Waals surface area (Å²) in [6, 6.07) is -0.0140. The molecule has 0 saturated carbocycles. The van der Waals surface area contributed by atoms with Crippen LogP contribution in [0.5, 0.6) is 0 Å². The number of hydrogen-bond acceptors (Lipinski definition) is 2. The normalized spacial score (nSPS) is 27.3. The van der Waals surface area contributed by atoms with Gasteiger partial charge in [-0.05, 0) is 44.9 Å². The molecule has 2 aliphatic rings. The van der Waals surface area contributed by atoms with Crippen molar-refractivity contribution in [3.05, 3.63) is 11.6 Å². The minimum Gasteiger partial charge on any atom is -0.394 e. The fourth-order valence-corrected chi connectivity index (χ4v) is 3.25. The maximum atomic E-state index is 12.3. The van der Waals surface area contributed by atoms with Gasteiger partial charge in [-0.3, -0.25) is 0 Å². The molecule has 1 heterocycles. The Bertz CT molecular complexity index is 348. The van der Waals surface area contributed by atoms with E-state index < -0.39 is 0 Å². The van der Waals surface area contributed by atoms with E-state index in [0.29, 0.717) is 6.54 Å². The Morgan fingerprint density at radius 1 is 1.47 bits per heavy atom. The highest BCUT2D eigenvalue weighted by Crippen LogP contribution is 2.31. The Morgan fingerprint density at radius 3 is 2.95 bits per heavy atom. The zero-order valence-electron chi connectivity index (χ0n) is 12.0. The van der Waals surface area contributed by atoms with Crippen molar-refractivity contribution in [3.63, 3.8) is 0 Å². The van der Waals surface area contributed by atoms with Gasteiger partial charge in [-0.2, -0.15) is 0 Å². The maximum Gasteiger partial charge on any atom is 0.318 e. The second kappa shape index (κ2) is 6.42. The molecule has 2 amide bonds. The van der Waals surface area contributed by atoms with E-state index in [1.54, 1.807) is 0 Å². The highest BCUT2D eigenvalue weighted by atomic mass is 16.3. The van der Waals surface area contributed by atoms with Gasteiger partial charge in [-0.25, -0.2) is 4.79 Å². The summed E-state index contributed by atoms with van der Waals surface area (Å²) < 4.78 is 0. The number of hydrogen-bond donors (Lipinski definition) is 2. The van der Waals surface area contributed by atoms with E-state index in [9.17, 15) is 9.90 Å². The molecule has 1 aliphatic carbocycles. The van der Waals surface area contributed by atoms with Crippen LogP contribution in [-0.2, 0) is 0 Å². The minimum absolute atomic E-state index is 0.0140. The number of nitrogens with zero attached hydrogens (tertiary/aromatic N) is 1. The molecule has 0 radical (unpaired) electrons. The van der Waals surface area contributed by atoms with E-state index in [0.717, 1.165) is 38.6 Å². The fourth-order valence-electron chi connectivity index (χ4n) is 3.25. The van der Waals surface area contributed by atoms with E-state index in [4.69, 9.17) is 0 Å². The molecule has 1 aliphatic heterocycles. The van der Waals surface area contributed by atoms with Crippen molar-refractivity contribution in [2.45, 2.75) is 57.4 Å². The van der Waals surface area contributed by atoms with Crippen molar-refractivity contribution in [2.24, 2.45) is 0 Å². The first kappa shape index (κ1) is 14.4. The Hall–Kier alpha value is -1.03. The molecule has 2 rings (SSSR count). The molecular weight excluding hydrogens is 240 g/mol. The summed E-state index contributed by atoms with van der Waals surface area (Å²) in [7, 11) is 0. The van der Waals surface area contributed by atoms with E-state index in [-0.39, 0.29) is 18.2 Å². The van der Waals surface area contributed by atoms with Crippen LogP contribution in [0.2, 0.25) is 0 Å². The number of nitrogens with one attached hydrogen (secondary N) is 1. The third-order valence-electron chi connectivity index (χ3n) is 4.65. The number of rotatable bonds is 4. The number of amides is 2. The molecule has 1 unspecified atom stereocenters. The molecule has 0 aromatic rings. The summed E-state index contributed by atoms with van der Waals surface area (Å²) in [6.07, 6.45) is 9.74. The van der Waals surface area contributed by atoms with Crippen molar-refractivity contribution in [1.29, 1.82) is 0 Å². The predicted octanol–water partition coefficient (Wildman–Crippen LogP) is 2.43. The van der Waals surface area contributed by atoms with Crippen LogP contribution in [-0.4, -0.2) is 41.3 Å². The summed E-state index contributed by atoms with van der Waals surface area (Å²) in [6.45, 7) is 3.55. The largest absolute Gasteiger partial charge is 0.394 e. The molecule has 1 fully saturated rings. The summed E-state index contributed by atoms with van der Waals surface area (Å²) in [5.74, 6) is 0. The van der Waals surface area contributed by atoms with Crippen LogP contribution in [0.4, 0.5) is 4.79 Å². The Morgan fingerprint density at radius 2 is 2.32 bits per heavy atom. The van der Waals surface area contributed by atoms with Crippen LogP contribution >= 0.6 is 0 Å². The molecule has 0 aromatic carbocycles. The average Bonchev–Trinajstić information content (AvgIpc) is 2.90. The highest BCUT2D eigenvalue weighted by Gasteiger charge is 2.41. The lowest BCUT2D eigenvalue weighted by molar-refractivity contribution is 0.0813. The molecule has 0 spiro atoms. The summed E-state index contributed by atoms with van der Waals surface area (Å²) in [4.78, 5) is 14.1. The first-order valence-corrected chi connectivity index (χ1v) is 7.56. The lowest BCUT2D eigenvalue weighted by atomic mass is 9.94. The first-order valence-electron chi connectivity index (χ1n) is 7.56. The molecule has 0 bridgehead atoms. The van der Waals surface area contributed by atoms with Crippen molar-refractivity contribution in [2.75, 3.05) is 19.7 Å². The number of carbonyl (C=O) groups excluding carboxylic acids is 1. The number of aliphatic hydroxyl groups excluding tert-OH is 1. The average molecular weight is 266 g/mol. The van der Waals surface area contributed by atoms with Gasteiger partial charge in [0.15, 0.2) is 0 Å². The molecule has 108 valence electrons. The van der Waals surface area contributed by atoms with Crippen LogP contribution < -0.4 is 5.32 Å². The molecule has 1 saturated heterocycles. The number of urea groups is 1. The smallest absolute Gasteiger partial charge is 0.318 e.